The highest BCUT2D eigenvalue weighted by Gasteiger charge is 2.31. The third-order valence-electron chi connectivity index (χ3n) is 7.09. The van der Waals surface area contributed by atoms with E-state index in [4.69, 9.17) is 9.90 Å². The van der Waals surface area contributed by atoms with E-state index in [1.165, 1.54) is 12.1 Å². The van der Waals surface area contributed by atoms with Gasteiger partial charge in [0.1, 0.15) is 5.82 Å². The molecule has 0 fully saturated rings. The van der Waals surface area contributed by atoms with Gasteiger partial charge in [-0.15, -0.1) is 4.39 Å². The van der Waals surface area contributed by atoms with Crippen molar-refractivity contribution in [2.45, 2.75) is 57.8 Å². The Bertz CT molecular complexity index is 1590. The van der Waals surface area contributed by atoms with Gasteiger partial charge >= 0.3 is 12.2 Å². The van der Waals surface area contributed by atoms with Gasteiger partial charge in [-0.2, -0.15) is 0 Å². The fraction of sp³-hybridized carbons (Fsp3) is 0.286. The molecule has 9 nitrogen and oxygen atoms in total. The lowest BCUT2D eigenvalue weighted by Gasteiger charge is -2.20. The number of rotatable bonds is 12. The Kier molecular flexibility index (Phi) is 13.2. The molecular formula is C35H38F2N2O7. The summed E-state index contributed by atoms with van der Waals surface area (Å²) in [7, 11) is 0.975. The van der Waals surface area contributed by atoms with E-state index in [9.17, 15) is 28.6 Å². The van der Waals surface area contributed by atoms with Crippen LogP contribution in [-0.2, 0) is 16.1 Å². The molecule has 4 rings (SSSR count). The van der Waals surface area contributed by atoms with Gasteiger partial charge in [-0.25, -0.2) is 9.18 Å². The number of carboxylic acids is 1. The van der Waals surface area contributed by atoms with E-state index in [2.05, 4.69) is 10.1 Å². The minimum atomic E-state index is -1.75. The summed E-state index contributed by atoms with van der Waals surface area (Å²) in [5.74, 6) is -1.93. The number of nitrogens with zero attached hydrogens (tertiary/aromatic N) is 1. The minimum absolute atomic E-state index is 0.0939. The Morgan fingerprint density at radius 2 is 1.43 bits per heavy atom. The molecule has 0 saturated carbocycles. The molecule has 46 heavy (non-hydrogen) atoms. The second-order valence-electron chi connectivity index (χ2n) is 10.9. The summed E-state index contributed by atoms with van der Waals surface area (Å²) in [5.41, 5.74) is 4.77. The molecule has 4 N–H and O–H groups in total. The molecule has 0 bridgehead atoms. The maximum Gasteiger partial charge on any atom is 0.495 e. The van der Waals surface area contributed by atoms with Gasteiger partial charge in [-0.05, 0) is 66.3 Å². The van der Waals surface area contributed by atoms with Gasteiger partial charge in [-0.3, -0.25) is 9.59 Å². The fourth-order valence-electron chi connectivity index (χ4n) is 5.20. The Labute approximate surface area is 266 Å². The van der Waals surface area contributed by atoms with Crippen LogP contribution in [0.3, 0.4) is 0 Å². The monoisotopic (exact) mass is 636 g/mol. The van der Waals surface area contributed by atoms with Crippen molar-refractivity contribution < 1.29 is 43.2 Å². The predicted octanol–water partition coefficient (Wildman–Crippen LogP) is 7.04. The van der Waals surface area contributed by atoms with Gasteiger partial charge in [0.25, 0.3) is 5.91 Å². The quantitative estimate of drug-likeness (QED) is 0.122. The SMILES string of the molecule is CC(C)c1c(C(=O)Nc2ccccc2)c(-c2ccccc2)c(-c2ccc(F)cc2)n1CCC(O)CC(O)CC(=O)O.COC(=O)F. The van der Waals surface area contributed by atoms with Crippen molar-refractivity contribution in [2.75, 3.05) is 12.4 Å². The van der Waals surface area contributed by atoms with Gasteiger partial charge in [0.15, 0.2) is 0 Å². The molecule has 2 atom stereocenters. The summed E-state index contributed by atoms with van der Waals surface area (Å²) in [6.45, 7) is 4.25. The lowest BCUT2D eigenvalue weighted by molar-refractivity contribution is -0.139. The highest BCUT2D eigenvalue weighted by Crippen LogP contribution is 2.42. The Balaban J connectivity index is 0.00000107. The highest BCUT2D eigenvalue weighted by molar-refractivity contribution is 6.12. The number of halogens is 2. The first kappa shape index (κ1) is 35.6. The zero-order chi connectivity index (χ0) is 33.8. The zero-order valence-corrected chi connectivity index (χ0v) is 25.8. The van der Waals surface area contributed by atoms with Crippen molar-refractivity contribution in [1.82, 2.24) is 4.57 Å². The van der Waals surface area contributed by atoms with Crippen molar-refractivity contribution in [1.29, 1.82) is 0 Å². The number of aliphatic hydroxyl groups is 2. The summed E-state index contributed by atoms with van der Waals surface area (Å²) in [5, 5.41) is 32.8. The van der Waals surface area contributed by atoms with E-state index in [1.54, 1.807) is 12.1 Å². The van der Waals surface area contributed by atoms with Crippen LogP contribution in [0.2, 0.25) is 0 Å². The molecule has 11 heteroatoms. The van der Waals surface area contributed by atoms with Gasteiger partial charge in [0, 0.05) is 23.5 Å². The van der Waals surface area contributed by atoms with E-state index < -0.39 is 30.8 Å². The first-order valence-electron chi connectivity index (χ1n) is 14.7. The highest BCUT2D eigenvalue weighted by atomic mass is 19.1. The number of aliphatic carboxylic acids is 1. The molecule has 0 aliphatic heterocycles. The van der Waals surface area contributed by atoms with E-state index in [0.717, 1.165) is 18.4 Å². The molecule has 0 spiro atoms. The van der Waals surface area contributed by atoms with Gasteiger partial charge < -0.3 is 29.9 Å². The van der Waals surface area contributed by atoms with Crippen LogP contribution in [-0.4, -0.2) is 57.3 Å². The zero-order valence-electron chi connectivity index (χ0n) is 25.8. The minimum Gasteiger partial charge on any atom is -0.481 e. The van der Waals surface area contributed by atoms with Crippen molar-refractivity contribution in [3.05, 3.63) is 102 Å². The molecule has 0 aliphatic carbocycles. The largest absolute Gasteiger partial charge is 0.495 e. The van der Waals surface area contributed by atoms with Gasteiger partial charge in [-0.1, -0.05) is 62.4 Å². The first-order valence-corrected chi connectivity index (χ1v) is 14.7. The third kappa shape index (κ3) is 9.82. The normalized spacial score (nSPS) is 12.1. The number of carbonyl (C=O) groups is 3. The number of para-hydroxylation sites is 1. The van der Waals surface area contributed by atoms with Crippen LogP contribution < -0.4 is 5.32 Å². The van der Waals surface area contributed by atoms with Crippen molar-refractivity contribution in [2.24, 2.45) is 0 Å². The number of benzene rings is 3. The number of methoxy groups -OCH3 is 1. The second-order valence-corrected chi connectivity index (χ2v) is 10.9. The Morgan fingerprint density at radius 1 is 0.870 bits per heavy atom. The Morgan fingerprint density at radius 3 is 1.96 bits per heavy atom. The molecule has 2 unspecified atom stereocenters. The molecule has 244 valence electrons. The van der Waals surface area contributed by atoms with Crippen LogP contribution in [0.4, 0.5) is 19.3 Å². The van der Waals surface area contributed by atoms with Crippen molar-refractivity contribution in [3.63, 3.8) is 0 Å². The van der Waals surface area contributed by atoms with E-state index in [0.29, 0.717) is 28.1 Å². The fourth-order valence-corrected chi connectivity index (χ4v) is 5.20. The van der Waals surface area contributed by atoms with Gasteiger partial charge in [0.05, 0.1) is 37.0 Å². The van der Waals surface area contributed by atoms with Gasteiger partial charge in [0.2, 0.25) is 0 Å². The molecule has 1 aromatic heterocycles. The van der Waals surface area contributed by atoms with Crippen LogP contribution in [0.15, 0.2) is 84.9 Å². The Hall–Kier alpha value is -4.87. The average Bonchev–Trinajstić information content (AvgIpc) is 3.37. The number of carboxylic acid groups (broad SMARTS) is 1. The van der Waals surface area contributed by atoms with Crippen LogP contribution in [0.5, 0.6) is 0 Å². The number of hydrogen-bond donors (Lipinski definition) is 4. The third-order valence-corrected chi connectivity index (χ3v) is 7.09. The first-order chi connectivity index (χ1) is 21.9. The number of amides is 1. The maximum atomic E-state index is 14.0. The predicted molar refractivity (Wildman–Crippen MR) is 171 cm³/mol. The number of carbonyl (C=O) groups excluding carboxylic acids is 2. The molecule has 0 radical (unpaired) electrons. The molecule has 0 saturated heterocycles. The number of ether oxygens (including phenoxy) is 1. The van der Waals surface area contributed by atoms with Crippen LogP contribution >= 0.6 is 0 Å². The average molecular weight is 637 g/mol. The van der Waals surface area contributed by atoms with E-state index in [-0.39, 0.29) is 37.0 Å². The molecule has 3 aromatic carbocycles. The second kappa shape index (κ2) is 17.0. The van der Waals surface area contributed by atoms with Crippen LogP contribution in [0.1, 0.15) is 55.1 Å². The summed E-state index contributed by atoms with van der Waals surface area (Å²) in [6, 6.07) is 24.8. The number of nitrogens with one attached hydrogen (secondary N) is 1. The van der Waals surface area contributed by atoms with Crippen molar-refractivity contribution >= 4 is 23.8 Å². The molecule has 1 amide bonds. The summed E-state index contributed by atoms with van der Waals surface area (Å²) in [6.07, 6.45) is -4.25. The number of hydrogen-bond acceptors (Lipinski definition) is 6. The summed E-state index contributed by atoms with van der Waals surface area (Å²) >= 11 is 0. The molecule has 1 heterocycles. The smallest absolute Gasteiger partial charge is 0.481 e. The summed E-state index contributed by atoms with van der Waals surface area (Å²) < 4.78 is 30.0. The molecule has 0 aliphatic rings. The number of aliphatic hydroxyl groups excluding tert-OH is 2. The van der Waals surface area contributed by atoms with Crippen molar-refractivity contribution in [3.8, 4) is 22.4 Å². The lowest BCUT2D eigenvalue weighted by atomic mass is 9.94. The number of anilines is 1. The lowest BCUT2D eigenvalue weighted by Crippen LogP contribution is -2.22. The topological polar surface area (TPSA) is 138 Å². The maximum absolute atomic E-state index is 14.0. The summed E-state index contributed by atoms with van der Waals surface area (Å²) in [4.78, 5) is 33.9. The molecular weight excluding hydrogens is 598 g/mol. The standard InChI is InChI=1S/C33H35FN2O5.C2H3FO2/c1-21(2)31-30(33(41)35-25-11-7-4-8-12-25)29(22-9-5-3-6-10-22)32(23-13-15-24(34)16-14-23)36(31)18-17-26(37)19-27(38)20-28(39)40;1-5-2(3)4/h3-16,21,26-27,37-38H,17-20H2,1-2H3,(H,35,41)(H,39,40);1H3. The van der Waals surface area contributed by atoms with E-state index in [1.807, 2.05) is 79.1 Å². The number of aromatic nitrogens is 1. The molecule has 4 aromatic rings. The van der Waals surface area contributed by atoms with Crippen LogP contribution in [0.25, 0.3) is 22.4 Å². The van der Waals surface area contributed by atoms with Crippen LogP contribution in [0, 0.1) is 5.82 Å². The van der Waals surface area contributed by atoms with E-state index >= 15 is 0 Å².